The summed E-state index contributed by atoms with van der Waals surface area (Å²) < 4.78 is 41.1. The number of thioether (sulfide) groups is 1. The Kier molecular flexibility index (Phi) is 6.44. The summed E-state index contributed by atoms with van der Waals surface area (Å²) >= 11 is 1.25. The minimum Gasteiger partial charge on any atom is -0.406 e. The van der Waals surface area contributed by atoms with Gasteiger partial charge in [0.05, 0.1) is 5.25 Å². The molecule has 2 rings (SSSR count). The molecule has 0 aromatic heterocycles. The molecular weight excluding hydrogens is 369 g/mol. The molecule has 1 aliphatic heterocycles. The number of carbonyl (C=O) groups is 2. The zero-order valence-corrected chi connectivity index (χ0v) is 15.5. The summed E-state index contributed by atoms with van der Waals surface area (Å²) in [6.45, 7) is 4.46. The highest BCUT2D eigenvalue weighted by Crippen LogP contribution is 2.44. The predicted molar refractivity (Wildman–Crippen MR) is 92.5 cm³/mol. The molecule has 144 valence electrons. The lowest BCUT2D eigenvalue weighted by molar-refractivity contribution is -0.274. The van der Waals surface area contributed by atoms with E-state index >= 15 is 0 Å². The van der Waals surface area contributed by atoms with E-state index in [0.29, 0.717) is 18.0 Å². The summed E-state index contributed by atoms with van der Waals surface area (Å²) in [4.78, 5) is 25.8. The maximum absolute atomic E-state index is 12.4. The fourth-order valence-corrected chi connectivity index (χ4v) is 3.94. The Labute approximate surface area is 154 Å². The van der Waals surface area contributed by atoms with E-state index in [1.165, 1.54) is 34.9 Å². The van der Waals surface area contributed by atoms with Crippen LogP contribution in [-0.4, -0.2) is 41.9 Å². The number of carbonyl (C=O) groups excluding carboxylic acids is 2. The highest BCUT2D eigenvalue weighted by Gasteiger charge is 2.40. The first-order valence-corrected chi connectivity index (χ1v) is 9.05. The van der Waals surface area contributed by atoms with Crippen molar-refractivity contribution < 1.29 is 27.5 Å². The topological polar surface area (TPSA) is 58.6 Å². The Hall–Kier alpha value is -1.90. The van der Waals surface area contributed by atoms with Crippen molar-refractivity contribution in [3.05, 3.63) is 29.8 Å². The normalized spacial score (nSPS) is 20.6. The summed E-state index contributed by atoms with van der Waals surface area (Å²) in [5, 5.41) is 1.73. The largest absolute Gasteiger partial charge is 0.573 e. The zero-order valence-electron chi connectivity index (χ0n) is 14.7. The van der Waals surface area contributed by atoms with Crippen LogP contribution in [0.1, 0.15) is 31.2 Å². The minimum atomic E-state index is -4.78. The van der Waals surface area contributed by atoms with Crippen LogP contribution in [0, 0.1) is 5.92 Å². The van der Waals surface area contributed by atoms with Gasteiger partial charge in [-0.25, -0.2) is 0 Å². The predicted octanol–water partition coefficient (Wildman–Crippen LogP) is 3.32. The molecule has 2 atom stereocenters. The fraction of sp³-hybridized carbons (Fsp3) is 0.529. The van der Waals surface area contributed by atoms with Gasteiger partial charge in [-0.1, -0.05) is 26.0 Å². The summed E-state index contributed by atoms with van der Waals surface area (Å²) in [7, 11) is 1.57. The number of nitrogens with zero attached hydrogens (tertiary/aromatic N) is 1. The van der Waals surface area contributed by atoms with Crippen LogP contribution in [-0.2, 0) is 9.59 Å². The Morgan fingerprint density at radius 2 is 2.08 bits per heavy atom. The van der Waals surface area contributed by atoms with Gasteiger partial charge in [0.1, 0.15) is 11.1 Å². The molecule has 0 spiro atoms. The molecule has 2 amide bonds. The summed E-state index contributed by atoms with van der Waals surface area (Å²) in [5.41, 5.74) is 0.512. The van der Waals surface area contributed by atoms with Gasteiger partial charge in [-0.3, -0.25) is 9.59 Å². The number of benzene rings is 1. The molecule has 1 aliphatic rings. The van der Waals surface area contributed by atoms with Crippen LogP contribution in [0.15, 0.2) is 24.3 Å². The Morgan fingerprint density at radius 1 is 1.38 bits per heavy atom. The maximum atomic E-state index is 12.4. The highest BCUT2D eigenvalue weighted by molar-refractivity contribution is 8.01. The molecule has 5 nitrogen and oxygen atoms in total. The van der Waals surface area contributed by atoms with Crippen molar-refractivity contribution in [1.29, 1.82) is 0 Å². The average Bonchev–Trinajstić information content (AvgIpc) is 2.80. The Bertz CT molecular complexity index is 667. The first-order chi connectivity index (χ1) is 12.1. The van der Waals surface area contributed by atoms with Crippen LogP contribution in [0.2, 0.25) is 0 Å². The van der Waals surface area contributed by atoms with Crippen LogP contribution in [0.4, 0.5) is 13.2 Å². The standard InChI is InChI=1S/C17H21F3N2O3S/c1-10(2)9-21-14(23)8-13-15(24)22(3)16(26-13)11-5-4-6-12(7-11)25-17(18,19)20/h4-7,10,13,16H,8-9H2,1-3H3,(H,21,23). The third kappa shape index (κ3) is 5.55. The van der Waals surface area contributed by atoms with Crippen molar-refractivity contribution in [2.75, 3.05) is 13.6 Å². The number of amides is 2. The van der Waals surface area contributed by atoms with Gasteiger partial charge in [-0.05, 0) is 23.6 Å². The van der Waals surface area contributed by atoms with Gasteiger partial charge >= 0.3 is 6.36 Å². The smallest absolute Gasteiger partial charge is 0.406 e. The zero-order chi connectivity index (χ0) is 19.5. The van der Waals surface area contributed by atoms with Crippen LogP contribution < -0.4 is 10.1 Å². The number of hydrogen-bond acceptors (Lipinski definition) is 4. The Morgan fingerprint density at radius 3 is 2.69 bits per heavy atom. The van der Waals surface area contributed by atoms with Gasteiger partial charge < -0.3 is 15.0 Å². The van der Waals surface area contributed by atoms with Gasteiger partial charge in [0.25, 0.3) is 0 Å². The van der Waals surface area contributed by atoms with Crippen molar-refractivity contribution >= 4 is 23.6 Å². The molecule has 0 radical (unpaired) electrons. The molecule has 1 N–H and O–H groups in total. The molecule has 0 saturated carbocycles. The SMILES string of the molecule is CC(C)CNC(=O)CC1SC(c2cccc(OC(F)(F)F)c2)N(C)C1=O. The number of hydrogen-bond donors (Lipinski definition) is 1. The first-order valence-electron chi connectivity index (χ1n) is 8.11. The molecule has 1 fully saturated rings. The number of nitrogens with one attached hydrogen (secondary N) is 1. The maximum Gasteiger partial charge on any atom is 0.573 e. The van der Waals surface area contributed by atoms with Crippen molar-refractivity contribution in [3.63, 3.8) is 0 Å². The van der Waals surface area contributed by atoms with Crippen molar-refractivity contribution in [3.8, 4) is 5.75 Å². The first kappa shape index (κ1) is 20.4. The van der Waals surface area contributed by atoms with E-state index in [0.717, 1.165) is 0 Å². The van der Waals surface area contributed by atoms with E-state index in [9.17, 15) is 22.8 Å². The van der Waals surface area contributed by atoms with E-state index in [-0.39, 0.29) is 24.0 Å². The van der Waals surface area contributed by atoms with Crippen molar-refractivity contribution in [2.45, 2.75) is 37.3 Å². The lowest BCUT2D eigenvalue weighted by Gasteiger charge is -2.19. The number of halogens is 3. The second-order valence-electron chi connectivity index (χ2n) is 6.45. The van der Waals surface area contributed by atoms with E-state index < -0.39 is 17.0 Å². The molecule has 1 aromatic rings. The quantitative estimate of drug-likeness (QED) is 0.810. The molecule has 0 aliphatic carbocycles. The minimum absolute atomic E-state index is 0.0375. The van der Waals surface area contributed by atoms with Crippen molar-refractivity contribution in [1.82, 2.24) is 10.2 Å². The van der Waals surface area contributed by atoms with E-state index in [4.69, 9.17) is 0 Å². The van der Waals surface area contributed by atoms with E-state index in [2.05, 4.69) is 10.1 Å². The summed E-state index contributed by atoms with van der Waals surface area (Å²) in [6.07, 6.45) is -4.74. The molecule has 1 saturated heterocycles. The van der Waals surface area contributed by atoms with E-state index in [1.54, 1.807) is 13.1 Å². The monoisotopic (exact) mass is 390 g/mol. The molecule has 0 bridgehead atoms. The molecule has 26 heavy (non-hydrogen) atoms. The van der Waals surface area contributed by atoms with Gasteiger partial charge in [-0.2, -0.15) is 0 Å². The molecular formula is C17H21F3N2O3S. The van der Waals surface area contributed by atoms with Crippen molar-refractivity contribution in [2.24, 2.45) is 5.92 Å². The molecule has 1 aromatic carbocycles. The van der Waals surface area contributed by atoms with E-state index in [1.807, 2.05) is 13.8 Å². The average molecular weight is 390 g/mol. The molecule has 9 heteroatoms. The number of alkyl halides is 3. The third-order valence-corrected chi connectivity index (χ3v) is 5.27. The lowest BCUT2D eigenvalue weighted by atomic mass is 10.2. The summed E-state index contributed by atoms with van der Waals surface area (Å²) in [6, 6.07) is 5.54. The van der Waals surface area contributed by atoms with Gasteiger partial charge in [-0.15, -0.1) is 24.9 Å². The highest BCUT2D eigenvalue weighted by atomic mass is 32.2. The van der Waals surface area contributed by atoms with Crippen LogP contribution in [0.25, 0.3) is 0 Å². The Balaban J connectivity index is 2.06. The number of rotatable bonds is 6. The summed E-state index contributed by atoms with van der Waals surface area (Å²) in [5.74, 6) is -0.471. The van der Waals surface area contributed by atoms with Gasteiger partial charge in [0.15, 0.2) is 0 Å². The van der Waals surface area contributed by atoms with Crippen LogP contribution in [0.3, 0.4) is 0 Å². The third-order valence-electron chi connectivity index (χ3n) is 3.72. The fourth-order valence-electron chi connectivity index (χ4n) is 2.51. The second-order valence-corrected chi connectivity index (χ2v) is 7.74. The van der Waals surface area contributed by atoms with Gasteiger partial charge in [0.2, 0.25) is 11.8 Å². The molecule has 2 unspecified atom stereocenters. The number of ether oxygens (including phenoxy) is 1. The second kappa shape index (κ2) is 8.20. The van der Waals surface area contributed by atoms with Crippen LogP contribution in [0.5, 0.6) is 5.75 Å². The van der Waals surface area contributed by atoms with Gasteiger partial charge in [0, 0.05) is 20.0 Å². The molecule has 1 heterocycles. The lowest BCUT2D eigenvalue weighted by Crippen LogP contribution is -2.33. The van der Waals surface area contributed by atoms with Crippen LogP contribution >= 0.6 is 11.8 Å².